The van der Waals surface area contributed by atoms with Crippen molar-refractivity contribution in [2.24, 2.45) is 0 Å². The zero-order chi connectivity index (χ0) is 23.9. The van der Waals surface area contributed by atoms with Crippen molar-refractivity contribution in [2.75, 3.05) is 20.8 Å². The van der Waals surface area contributed by atoms with E-state index in [9.17, 15) is 9.59 Å². The Labute approximate surface area is 203 Å². The molecule has 1 saturated carbocycles. The molecule has 0 saturated heterocycles. The van der Waals surface area contributed by atoms with Crippen molar-refractivity contribution >= 4 is 33.4 Å². The SMILES string of the molecule is COc1ccc(OC)c(CCN2C(=O)c3cc4sccc4n3C[C@]2(C)C(=O)NC2CCCC2)c1. The summed E-state index contributed by atoms with van der Waals surface area (Å²) in [6, 6.07) is 9.83. The largest absolute Gasteiger partial charge is 0.497 e. The van der Waals surface area contributed by atoms with Gasteiger partial charge < -0.3 is 24.3 Å². The molecule has 8 heteroatoms. The highest BCUT2D eigenvalue weighted by Crippen LogP contribution is 2.35. The average molecular weight is 482 g/mol. The third-order valence-corrected chi connectivity index (χ3v) is 8.17. The Bertz CT molecular complexity index is 1230. The Balaban J connectivity index is 1.49. The molecule has 1 N–H and O–H groups in total. The highest BCUT2D eigenvalue weighted by molar-refractivity contribution is 7.17. The number of benzene rings is 1. The minimum absolute atomic E-state index is 0.0758. The lowest BCUT2D eigenvalue weighted by Crippen LogP contribution is -2.65. The first-order valence-electron chi connectivity index (χ1n) is 11.8. The number of carbonyl (C=O) groups excluding carboxylic acids is 2. The van der Waals surface area contributed by atoms with Gasteiger partial charge in [0.1, 0.15) is 22.7 Å². The highest BCUT2D eigenvalue weighted by Gasteiger charge is 2.48. The molecule has 3 heterocycles. The van der Waals surface area contributed by atoms with Gasteiger partial charge in [0, 0.05) is 12.6 Å². The van der Waals surface area contributed by atoms with E-state index in [0.717, 1.165) is 53.0 Å². The van der Waals surface area contributed by atoms with E-state index in [1.54, 1.807) is 30.5 Å². The zero-order valence-electron chi connectivity index (χ0n) is 19.9. The first kappa shape index (κ1) is 22.8. The molecule has 1 aromatic carbocycles. The summed E-state index contributed by atoms with van der Waals surface area (Å²) in [7, 11) is 3.26. The van der Waals surface area contributed by atoms with Crippen LogP contribution in [0.3, 0.4) is 0 Å². The van der Waals surface area contributed by atoms with Gasteiger partial charge in [-0.1, -0.05) is 12.8 Å². The van der Waals surface area contributed by atoms with Crippen LogP contribution in [0.15, 0.2) is 35.7 Å². The molecule has 0 radical (unpaired) electrons. The monoisotopic (exact) mass is 481 g/mol. The number of carbonyl (C=O) groups is 2. The number of nitrogens with zero attached hydrogens (tertiary/aromatic N) is 2. The van der Waals surface area contributed by atoms with Gasteiger partial charge in [0.15, 0.2) is 0 Å². The van der Waals surface area contributed by atoms with Crippen molar-refractivity contribution in [3.63, 3.8) is 0 Å². The maximum atomic E-state index is 13.8. The van der Waals surface area contributed by atoms with Gasteiger partial charge in [0.25, 0.3) is 5.91 Å². The Morgan fingerprint density at radius 3 is 2.71 bits per heavy atom. The van der Waals surface area contributed by atoms with Gasteiger partial charge in [0.05, 0.1) is 31.0 Å². The van der Waals surface area contributed by atoms with E-state index in [4.69, 9.17) is 9.47 Å². The lowest BCUT2D eigenvalue weighted by Gasteiger charge is -2.44. The van der Waals surface area contributed by atoms with Gasteiger partial charge in [0.2, 0.25) is 5.91 Å². The second-order valence-corrected chi connectivity index (χ2v) is 10.3. The number of hydrogen-bond donors (Lipinski definition) is 1. The number of ether oxygens (including phenoxy) is 2. The van der Waals surface area contributed by atoms with Crippen LogP contribution in [0.4, 0.5) is 0 Å². The van der Waals surface area contributed by atoms with Crippen LogP contribution in [-0.4, -0.2) is 53.6 Å². The normalized spacial score (nSPS) is 20.6. The van der Waals surface area contributed by atoms with Crippen molar-refractivity contribution in [3.8, 4) is 11.5 Å². The second kappa shape index (κ2) is 8.98. The van der Waals surface area contributed by atoms with Gasteiger partial charge in [-0.2, -0.15) is 0 Å². The summed E-state index contributed by atoms with van der Waals surface area (Å²) in [6.07, 6.45) is 4.82. The number of hydrogen-bond acceptors (Lipinski definition) is 5. The van der Waals surface area contributed by atoms with E-state index in [0.29, 0.717) is 25.2 Å². The number of aromatic nitrogens is 1. The van der Waals surface area contributed by atoms with Crippen molar-refractivity contribution < 1.29 is 19.1 Å². The van der Waals surface area contributed by atoms with E-state index >= 15 is 0 Å². The van der Waals surface area contributed by atoms with Crippen LogP contribution in [0, 0.1) is 0 Å². The van der Waals surface area contributed by atoms with Gasteiger partial charge in [-0.3, -0.25) is 9.59 Å². The molecule has 34 heavy (non-hydrogen) atoms. The van der Waals surface area contributed by atoms with Crippen LogP contribution < -0.4 is 14.8 Å². The Kier molecular flexibility index (Phi) is 6.02. The predicted octanol–water partition coefficient (Wildman–Crippen LogP) is 4.24. The maximum Gasteiger partial charge on any atom is 0.271 e. The van der Waals surface area contributed by atoms with Gasteiger partial charge in [-0.25, -0.2) is 0 Å². The molecule has 2 aliphatic rings. The van der Waals surface area contributed by atoms with Crippen LogP contribution in [0.1, 0.15) is 48.7 Å². The fourth-order valence-electron chi connectivity index (χ4n) is 5.34. The van der Waals surface area contributed by atoms with E-state index in [2.05, 4.69) is 5.32 Å². The van der Waals surface area contributed by atoms with Crippen LogP contribution in [0.25, 0.3) is 10.2 Å². The lowest BCUT2D eigenvalue weighted by atomic mass is 9.93. The summed E-state index contributed by atoms with van der Waals surface area (Å²) in [4.78, 5) is 29.3. The summed E-state index contributed by atoms with van der Waals surface area (Å²) in [5, 5.41) is 5.28. The molecule has 0 unspecified atom stereocenters. The van der Waals surface area contributed by atoms with Gasteiger partial charge >= 0.3 is 0 Å². The van der Waals surface area contributed by atoms with E-state index in [1.165, 1.54) is 0 Å². The fraction of sp³-hybridized carbons (Fsp3) is 0.462. The molecule has 2 amide bonds. The fourth-order valence-corrected chi connectivity index (χ4v) is 6.17. The number of nitrogens with one attached hydrogen (secondary N) is 1. The molecule has 0 spiro atoms. The number of amides is 2. The highest BCUT2D eigenvalue weighted by atomic mass is 32.1. The number of rotatable bonds is 7. The standard InChI is InChI=1S/C26H31N3O4S/c1-26(25(31)27-18-6-4-5-7-18)16-28-20-11-13-34-23(20)15-21(28)24(30)29(26)12-10-17-14-19(32-2)8-9-22(17)33-3/h8-9,11,13-15,18H,4-7,10,12,16H2,1-3H3,(H,27,31)/t26-/m1/s1. The van der Waals surface area contributed by atoms with Crippen molar-refractivity contribution in [3.05, 3.63) is 47.0 Å². The second-order valence-electron chi connectivity index (χ2n) is 9.40. The summed E-state index contributed by atoms with van der Waals surface area (Å²) in [6.45, 7) is 2.73. The first-order valence-corrected chi connectivity index (χ1v) is 12.7. The molecule has 0 bridgehead atoms. The summed E-state index contributed by atoms with van der Waals surface area (Å²) in [5.74, 6) is 1.29. The minimum atomic E-state index is -0.993. The van der Waals surface area contributed by atoms with Crippen LogP contribution >= 0.6 is 11.3 Å². The molecule has 1 atom stereocenters. The van der Waals surface area contributed by atoms with Gasteiger partial charge in [-0.15, -0.1) is 11.3 Å². The molecule has 1 fully saturated rings. The van der Waals surface area contributed by atoms with Crippen molar-refractivity contribution in [2.45, 2.75) is 57.2 Å². The quantitative estimate of drug-likeness (QED) is 0.548. The Morgan fingerprint density at radius 2 is 1.97 bits per heavy atom. The Morgan fingerprint density at radius 1 is 1.18 bits per heavy atom. The smallest absolute Gasteiger partial charge is 0.271 e. The number of thiophene rings is 1. The maximum absolute atomic E-state index is 13.8. The van der Waals surface area contributed by atoms with E-state index in [-0.39, 0.29) is 17.9 Å². The summed E-state index contributed by atoms with van der Waals surface area (Å²) < 4.78 is 14.0. The summed E-state index contributed by atoms with van der Waals surface area (Å²) in [5.41, 5.74) is 1.61. The molecular formula is C26H31N3O4S. The number of fused-ring (bicyclic) bond motifs is 3. The van der Waals surface area contributed by atoms with Crippen LogP contribution in [-0.2, 0) is 17.8 Å². The van der Waals surface area contributed by atoms with Crippen molar-refractivity contribution in [1.29, 1.82) is 0 Å². The zero-order valence-corrected chi connectivity index (χ0v) is 20.7. The third-order valence-electron chi connectivity index (χ3n) is 7.32. The molecule has 7 nitrogen and oxygen atoms in total. The molecule has 1 aliphatic carbocycles. The third kappa shape index (κ3) is 3.83. The van der Waals surface area contributed by atoms with Crippen LogP contribution in [0.2, 0.25) is 0 Å². The average Bonchev–Trinajstić information content (AvgIpc) is 3.58. The van der Waals surface area contributed by atoms with E-state index in [1.807, 2.05) is 47.2 Å². The molecule has 180 valence electrons. The molecule has 2 aromatic heterocycles. The van der Waals surface area contributed by atoms with Gasteiger partial charge in [-0.05, 0) is 67.5 Å². The molecular weight excluding hydrogens is 450 g/mol. The molecule has 3 aromatic rings. The molecule has 5 rings (SSSR count). The molecule has 1 aliphatic heterocycles. The first-order chi connectivity index (χ1) is 16.4. The number of methoxy groups -OCH3 is 2. The lowest BCUT2D eigenvalue weighted by molar-refractivity contribution is -0.133. The van der Waals surface area contributed by atoms with Crippen LogP contribution in [0.5, 0.6) is 11.5 Å². The van der Waals surface area contributed by atoms with Crippen molar-refractivity contribution in [1.82, 2.24) is 14.8 Å². The minimum Gasteiger partial charge on any atom is -0.497 e. The Hall–Kier alpha value is -3.00. The topological polar surface area (TPSA) is 72.8 Å². The predicted molar refractivity (Wildman–Crippen MR) is 133 cm³/mol. The van der Waals surface area contributed by atoms with E-state index < -0.39 is 5.54 Å². The summed E-state index contributed by atoms with van der Waals surface area (Å²) >= 11 is 1.62.